The molecule has 2 aromatic carbocycles. The van der Waals surface area contributed by atoms with Crippen molar-refractivity contribution >= 4 is 40.5 Å². The molecule has 1 heterocycles. The molecule has 26 heavy (non-hydrogen) atoms. The van der Waals surface area contributed by atoms with Crippen molar-refractivity contribution in [2.45, 2.75) is 6.61 Å². The Morgan fingerprint density at radius 1 is 1.15 bits per heavy atom. The van der Waals surface area contributed by atoms with Crippen molar-refractivity contribution < 1.29 is 18.3 Å². The number of hydrogen-bond acceptors (Lipinski definition) is 4. The van der Waals surface area contributed by atoms with Crippen LogP contribution in [0.1, 0.15) is 16.3 Å². The molecule has 1 aromatic heterocycles. The van der Waals surface area contributed by atoms with Gasteiger partial charge in [-0.3, -0.25) is 4.79 Å². The van der Waals surface area contributed by atoms with Gasteiger partial charge in [0.2, 0.25) is 0 Å². The van der Waals surface area contributed by atoms with E-state index in [1.54, 1.807) is 18.2 Å². The predicted molar refractivity (Wildman–Crippen MR) is 98.3 cm³/mol. The van der Waals surface area contributed by atoms with Crippen molar-refractivity contribution in [1.82, 2.24) is 0 Å². The number of hydrogen-bond donors (Lipinski definition) is 2. The number of para-hydroxylation sites is 1. The summed E-state index contributed by atoms with van der Waals surface area (Å²) in [5.74, 6) is -0.456. The Hall–Kier alpha value is -2.70. The molecular formula is C18H13Cl2FN2O3. The number of nitrogens with one attached hydrogen (secondary N) is 1. The summed E-state index contributed by atoms with van der Waals surface area (Å²) in [6, 6.07) is 12.0. The summed E-state index contributed by atoms with van der Waals surface area (Å²) in [6.45, 7) is -0.0201. The Labute approximate surface area is 158 Å². The Morgan fingerprint density at radius 2 is 1.85 bits per heavy atom. The van der Waals surface area contributed by atoms with E-state index in [1.165, 1.54) is 30.3 Å². The van der Waals surface area contributed by atoms with E-state index in [9.17, 15) is 9.18 Å². The van der Waals surface area contributed by atoms with Crippen LogP contribution in [0.25, 0.3) is 0 Å². The molecule has 134 valence electrons. The van der Waals surface area contributed by atoms with Crippen LogP contribution in [0, 0.1) is 5.82 Å². The molecule has 0 aliphatic rings. The Kier molecular flexibility index (Phi) is 5.35. The Bertz CT molecular complexity index is 936. The summed E-state index contributed by atoms with van der Waals surface area (Å²) in [6.07, 6.45) is 0. The smallest absolute Gasteiger partial charge is 0.291 e. The fraction of sp³-hybridized carbons (Fsp3) is 0.0556. The Morgan fingerprint density at radius 3 is 2.54 bits per heavy atom. The van der Waals surface area contributed by atoms with E-state index >= 15 is 0 Å². The fourth-order valence-electron chi connectivity index (χ4n) is 2.14. The molecule has 0 aliphatic heterocycles. The van der Waals surface area contributed by atoms with Crippen molar-refractivity contribution in [2.24, 2.45) is 0 Å². The number of nitrogens with two attached hydrogens (primary N) is 1. The average molecular weight is 395 g/mol. The first-order valence-corrected chi connectivity index (χ1v) is 8.21. The second kappa shape index (κ2) is 7.68. The maximum atomic E-state index is 13.5. The van der Waals surface area contributed by atoms with Gasteiger partial charge in [-0.25, -0.2) is 4.39 Å². The second-order valence-corrected chi connectivity index (χ2v) is 6.11. The normalized spacial score (nSPS) is 10.6. The second-order valence-electron chi connectivity index (χ2n) is 5.29. The standard InChI is InChI=1S/C18H13Cl2FN2O3/c19-12-7-10(8-13(20)17(12)22)23-18(24)16-6-5-11(26-16)9-25-15-4-2-1-3-14(15)21/h1-8H,9,22H2,(H,23,24). The molecule has 3 aromatic rings. The zero-order valence-electron chi connectivity index (χ0n) is 13.3. The van der Waals surface area contributed by atoms with Gasteiger partial charge in [0.1, 0.15) is 12.4 Å². The summed E-state index contributed by atoms with van der Waals surface area (Å²) in [5, 5.41) is 3.06. The van der Waals surface area contributed by atoms with Crippen molar-refractivity contribution in [1.29, 1.82) is 0 Å². The summed E-state index contributed by atoms with van der Waals surface area (Å²) < 4.78 is 24.3. The van der Waals surface area contributed by atoms with Gasteiger partial charge in [-0.05, 0) is 36.4 Å². The predicted octanol–water partition coefficient (Wildman–Crippen LogP) is 5.14. The average Bonchev–Trinajstić information content (AvgIpc) is 3.08. The summed E-state index contributed by atoms with van der Waals surface area (Å²) in [4.78, 5) is 12.2. The van der Waals surface area contributed by atoms with E-state index in [1.807, 2.05) is 0 Å². The van der Waals surface area contributed by atoms with Gasteiger partial charge in [0.25, 0.3) is 5.91 Å². The third-order valence-electron chi connectivity index (χ3n) is 3.43. The lowest BCUT2D eigenvalue weighted by atomic mass is 10.2. The van der Waals surface area contributed by atoms with E-state index in [-0.39, 0.29) is 33.8 Å². The lowest BCUT2D eigenvalue weighted by Gasteiger charge is -2.07. The third-order valence-corrected chi connectivity index (χ3v) is 4.05. The van der Waals surface area contributed by atoms with Gasteiger partial charge in [0.15, 0.2) is 17.3 Å². The first-order valence-electron chi connectivity index (χ1n) is 7.46. The number of furan rings is 1. The molecule has 8 heteroatoms. The van der Waals surface area contributed by atoms with Gasteiger partial charge in [-0.15, -0.1) is 0 Å². The van der Waals surface area contributed by atoms with Crippen LogP contribution in [0.2, 0.25) is 10.0 Å². The minimum atomic E-state index is -0.501. The molecule has 0 unspecified atom stereocenters. The molecule has 0 saturated carbocycles. The topological polar surface area (TPSA) is 77.5 Å². The quantitative estimate of drug-likeness (QED) is 0.587. The number of anilines is 2. The van der Waals surface area contributed by atoms with Crippen LogP contribution in [-0.2, 0) is 6.61 Å². The highest BCUT2D eigenvalue weighted by molar-refractivity contribution is 6.39. The lowest BCUT2D eigenvalue weighted by molar-refractivity contribution is 0.0992. The maximum Gasteiger partial charge on any atom is 0.291 e. The lowest BCUT2D eigenvalue weighted by Crippen LogP contribution is -2.11. The van der Waals surface area contributed by atoms with Gasteiger partial charge in [0, 0.05) is 5.69 Å². The number of amides is 1. The van der Waals surface area contributed by atoms with Crippen LogP contribution in [-0.4, -0.2) is 5.91 Å². The third kappa shape index (κ3) is 4.09. The zero-order valence-corrected chi connectivity index (χ0v) is 14.8. The molecule has 0 atom stereocenters. The van der Waals surface area contributed by atoms with Crippen LogP contribution in [0.15, 0.2) is 52.9 Å². The van der Waals surface area contributed by atoms with Gasteiger partial charge < -0.3 is 20.2 Å². The molecule has 3 N–H and O–H groups in total. The molecule has 0 saturated heterocycles. The SMILES string of the molecule is Nc1c(Cl)cc(NC(=O)c2ccc(COc3ccccc3F)o2)cc1Cl. The highest BCUT2D eigenvalue weighted by Crippen LogP contribution is 2.31. The molecule has 0 radical (unpaired) electrons. The van der Waals surface area contributed by atoms with Crippen LogP contribution in [0.4, 0.5) is 15.8 Å². The molecular weight excluding hydrogens is 382 g/mol. The number of halogens is 3. The number of benzene rings is 2. The van der Waals surface area contributed by atoms with Gasteiger partial charge in [-0.1, -0.05) is 35.3 Å². The van der Waals surface area contributed by atoms with Crippen molar-refractivity contribution in [3.63, 3.8) is 0 Å². The first kappa shape index (κ1) is 18.1. The molecule has 1 amide bonds. The molecule has 0 aliphatic carbocycles. The molecule has 0 fully saturated rings. The van der Waals surface area contributed by atoms with Gasteiger partial charge >= 0.3 is 0 Å². The molecule has 0 spiro atoms. The first-order chi connectivity index (χ1) is 12.4. The van der Waals surface area contributed by atoms with Crippen LogP contribution >= 0.6 is 23.2 Å². The van der Waals surface area contributed by atoms with Crippen molar-refractivity contribution in [3.8, 4) is 5.75 Å². The summed E-state index contributed by atoms with van der Waals surface area (Å²) >= 11 is 11.9. The van der Waals surface area contributed by atoms with E-state index in [2.05, 4.69) is 5.32 Å². The van der Waals surface area contributed by atoms with Crippen molar-refractivity contribution in [2.75, 3.05) is 11.1 Å². The van der Waals surface area contributed by atoms with Crippen LogP contribution < -0.4 is 15.8 Å². The van der Waals surface area contributed by atoms with Crippen molar-refractivity contribution in [3.05, 3.63) is 75.9 Å². The fourth-order valence-corrected chi connectivity index (χ4v) is 2.62. The van der Waals surface area contributed by atoms with Gasteiger partial charge in [-0.2, -0.15) is 0 Å². The summed E-state index contributed by atoms with van der Waals surface area (Å²) in [5.41, 5.74) is 6.26. The van der Waals surface area contributed by atoms with Gasteiger partial charge in [0.05, 0.1) is 15.7 Å². The summed E-state index contributed by atoms with van der Waals surface area (Å²) in [7, 11) is 0. The van der Waals surface area contributed by atoms with E-state index in [0.29, 0.717) is 11.4 Å². The minimum Gasteiger partial charge on any atom is -0.483 e. The van der Waals surface area contributed by atoms with E-state index in [4.69, 9.17) is 38.1 Å². The maximum absolute atomic E-state index is 13.5. The number of rotatable bonds is 5. The Balaban J connectivity index is 1.65. The largest absolute Gasteiger partial charge is 0.483 e. The number of carbonyl (C=O) groups excluding carboxylic acids is 1. The highest BCUT2D eigenvalue weighted by Gasteiger charge is 2.14. The monoisotopic (exact) mass is 394 g/mol. The molecule has 5 nitrogen and oxygen atoms in total. The number of ether oxygens (including phenoxy) is 1. The number of nitrogen functional groups attached to an aromatic ring is 1. The molecule has 3 rings (SSSR count). The zero-order chi connectivity index (χ0) is 18.7. The van der Waals surface area contributed by atoms with E-state index in [0.717, 1.165) is 0 Å². The highest BCUT2D eigenvalue weighted by atomic mass is 35.5. The minimum absolute atomic E-state index is 0.0201. The number of carbonyl (C=O) groups is 1. The van der Waals surface area contributed by atoms with Crippen LogP contribution in [0.5, 0.6) is 5.75 Å². The van der Waals surface area contributed by atoms with Crippen LogP contribution in [0.3, 0.4) is 0 Å². The van der Waals surface area contributed by atoms with E-state index < -0.39 is 11.7 Å². The molecule has 0 bridgehead atoms.